The molecule has 2 saturated heterocycles. The predicted octanol–water partition coefficient (Wildman–Crippen LogP) is -0.300. The monoisotopic (exact) mass is 198 g/mol. The molecule has 2 rings (SSSR count). The van der Waals surface area contributed by atoms with E-state index in [4.69, 9.17) is 26.8 Å². The molecule has 2 bridgehead atoms. The predicted molar refractivity (Wildman–Crippen MR) is 50.4 cm³/mol. The highest BCUT2D eigenvalue weighted by molar-refractivity contribution is 6.11. The van der Waals surface area contributed by atoms with Gasteiger partial charge in [0.25, 0.3) is 0 Å². The zero-order chi connectivity index (χ0) is 10.2. The summed E-state index contributed by atoms with van der Waals surface area (Å²) in [5, 5.41) is 0. The van der Waals surface area contributed by atoms with Crippen molar-refractivity contribution in [2.24, 2.45) is 0 Å². The Labute approximate surface area is 85.3 Å². The van der Waals surface area contributed by atoms with Gasteiger partial charge in [-0.3, -0.25) is 0 Å². The van der Waals surface area contributed by atoms with Crippen molar-refractivity contribution in [2.45, 2.75) is 30.2 Å². The highest BCUT2D eigenvalue weighted by Gasteiger charge is 2.56. The molecule has 0 aromatic carbocycles. The molecule has 0 saturated carbocycles. The van der Waals surface area contributed by atoms with Crippen LogP contribution in [0.1, 0.15) is 6.42 Å². The molecule has 0 spiro atoms. The maximum absolute atomic E-state index is 5.82. The highest BCUT2D eigenvalue weighted by atomic mass is 16.6. The molecule has 0 amide bonds. The quantitative estimate of drug-likeness (QED) is 0.583. The molecule has 2 aliphatic heterocycles. The van der Waals surface area contributed by atoms with Crippen LogP contribution in [0, 0.1) is 0 Å². The van der Waals surface area contributed by atoms with Crippen LogP contribution in [-0.4, -0.2) is 59.1 Å². The molecule has 0 N–H and O–H groups in total. The number of fused-ring (bicyclic) bond motifs is 2. The number of rotatable bonds is 3. The van der Waals surface area contributed by atoms with Gasteiger partial charge in [0.2, 0.25) is 0 Å². The van der Waals surface area contributed by atoms with Gasteiger partial charge >= 0.3 is 0 Å². The van der Waals surface area contributed by atoms with Crippen LogP contribution in [0.2, 0.25) is 0 Å². The van der Waals surface area contributed by atoms with Gasteiger partial charge in [0.05, 0.1) is 13.2 Å². The maximum atomic E-state index is 5.82. The van der Waals surface area contributed by atoms with Crippen molar-refractivity contribution in [2.75, 3.05) is 27.4 Å². The number of ether oxygens (including phenoxy) is 4. The van der Waals surface area contributed by atoms with Crippen LogP contribution in [0.4, 0.5) is 0 Å². The molecule has 0 aromatic rings. The SMILES string of the molecule is [B][C@@H]1O[C@@]2(COC)CCO[C@H]1C2OC. The number of hydrogen-bond acceptors (Lipinski definition) is 4. The van der Waals surface area contributed by atoms with E-state index in [2.05, 4.69) is 0 Å². The summed E-state index contributed by atoms with van der Waals surface area (Å²) in [6, 6.07) is -0.405. The first kappa shape index (κ1) is 10.4. The van der Waals surface area contributed by atoms with Gasteiger partial charge in [0.1, 0.15) is 25.7 Å². The van der Waals surface area contributed by atoms with Crippen molar-refractivity contribution in [3.63, 3.8) is 0 Å². The van der Waals surface area contributed by atoms with Crippen LogP contribution in [0.25, 0.3) is 0 Å². The Morgan fingerprint density at radius 3 is 2.93 bits per heavy atom. The molecule has 4 nitrogen and oxygen atoms in total. The van der Waals surface area contributed by atoms with Crippen LogP contribution in [0.5, 0.6) is 0 Å². The fraction of sp³-hybridized carbons (Fsp3) is 1.00. The summed E-state index contributed by atoms with van der Waals surface area (Å²) >= 11 is 0. The fourth-order valence-electron chi connectivity index (χ4n) is 2.41. The molecule has 2 heterocycles. The van der Waals surface area contributed by atoms with E-state index in [1.807, 2.05) is 0 Å². The molecular formula is C9H15BO4. The summed E-state index contributed by atoms with van der Waals surface area (Å²) < 4.78 is 21.8. The zero-order valence-corrected chi connectivity index (χ0v) is 8.56. The van der Waals surface area contributed by atoms with Crippen molar-refractivity contribution >= 4 is 7.85 Å². The Hall–Kier alpha value is -0.0951. The molecule has 5 heteroatoms. The van der Waals surface area contributed by atoms with E-state index in [1.165, 1.54) is 0 Å². The molecule has 4 atom stereocenters. The maximum Gasteiger partial charge on any atom is 0.122 e. The first-order valence-electron chi connectivity index (χ1n) is 4.80. The summed E-state index contributed by atoms with van der Waals surface area (Å²) in [6.07, 6.45) is 0.485. The van der Waals surface area contributed by atoms with Gasteiger partial charge in [-0.15, -0.1) is 0 Å². The van der Waals surface area contributed by atoms with Gasteiger partial charge in [0, 0.05) is 26.6 Å². The first-order valence-corrected chi connectivity index (χ1v) is 4.80. The van der Waals surface area contributed by atoms with Crippen molar-refractivity contribution in [1.29, 1.82) is 0 Å². The summed E-state index contributed by atoms with van der Waals surface area (Å²) in [4.78, 5) is 0. The van der Waals surface area contributed by atoms with Crippen molar-refractivity contribution in [3.8, 4) is 0 Å². The summed E-state index contributed by atoms with van der Waals surface area (Å²) in [5.74, 6) is 0. The van der Waals surface area contributed by atoms with E-state index < -0.39 is 11.6 Å². The van der Waals surface area contributed by atoms with Crippen molar-refractivity contribution < 1.29 is 18.9 Å². The van der Waals surface area contributed by atoms with E-state index in [1.54, 1.807) is 14.2 Å². The number of methoxy groups -OCH3 is 2. The van der Waals surface area contributed by atoms with E-state index in [-0.39, 0.29) is 12.2 Å². The lowest BCUT2D eigenvalue weighted by Crippen LogP contribution is -2.52. The van der Waals surface area contributed by atoms with Crippen molar-refractivity contribution in [1.82, 2.24) is 0 Å². The molecule has 2 aliphatic rings. The Morgan fingerprint density at radius 2 is 2.29 bits per heavy atom. The normalized spacial score (nSPS) is 46.9. The second-order valence-electron chi connectivity index (χ2n) is 3.82. The third-order valence-electron chi connectivity index (χ3n) is 2.99. The molecule has 1 unspecified atom stereocenters. The van der Waals surface area contributed by atoms with Crippen molar-refractivity contribution in [3.05, 3.63) is 0 Å². The Kier molecular flexibility index (Phi) is 2.84. The Bertz CT molecular complexity index is 209. The lowest BCUT2D eigenvalue weighted by Gasteiger charge is -2.37. The van der Waals surface area contributed by atoms with E-state index in [0.717, 1.165) is 6.42 Å². The third-order valence-corrected chi connectivity index (χ3v) is 2.99. The average Bonchev–Trinajstić information content (AvgIpc) is 2.30. The fourth-order valence-corrected chi connectivity index (χ4v) is 2.41. The van der Waals surface area contributed by atoms with Gasteiger partial charge in [0.15, 0.2) is 0 Å². The summed E-state index contributed by atoms with van der Waals surface area (Å²) in [7, 11) is 9.12. The Morgan fingerprint density at radius 1 is 1.50 bits per heavy atom. The number of hydrogen-bond donors (Lipinski definition) is 0. The van der Waals surface area contributed by atoms with E-state index >= 15 is 0 Å². The molecule has 0 aliphatic carbocycles. The smallest absolute Gasteiger partial charge is 0.122 e. The summed E-state index contributed by atoms with van der Waals surface area (Å²) in [6.45, 7) is 1.15. The molecular weight excluding hydrogens is 183 g/mol. The molecule has 2 radical (unpaired) electrons. The minimum absolute atomic E-state index is 0.119. The van der Waals surface area contributed by atoms with Crippen LogP contribution in [-0.2, 0) is 18.9 Å². The van der Waals surface area contributed by atoms with Gasteiger partial charge in [-0.1, -0.05) is 0 Å². The third kappa shape index (κ3) is 1.39. The topological polar surface area (TPSA) is 36.9 Å². The molecule has 0 aromatic heterocycles. The van der Waals surface area contributed by atoms with Gasteiger partial charge in [-0.25, -0.2) is 0 Å². The first-order chi connectivity index (χ1) is 6.73. The highest BCUT2D eigenvalue weighted by Crippen LogP contribution is 2.40. The average molecular weight is 198 g/mol. The second kappa shape index (κ2) is 3.81. The minimum Gasteiger partial charge on any atom is -0.382 e. The molecule has 14 heavy (non-hydrogen) atoms. The van der Waals surface area contributed by atoms with Crippen LogP contribution in [0.15, 0.2) is 0 Å². The van der Waals surface area contributed by atoms with Gasteiger partial charge < -0.3 is 18.9 Å². The zero-order valence-electron chi connectivity index (χ0n) is 8.56. The largest absolute Gasteiger partial charge is 0.382 e. The van der Waals surface area contributed by atoms with Crippen LogP contribution < -0.4 is 0 Å². The van der Waals surface area contributed by atoms with Gasteiger partial charge in [-0.2, -0.15) is 0 Å². The lowest BCUT2D eigenvalue weighted by molar-refractivity contribution is -0.155. The van der Waals surface area contributed by atoms with Crippen LogP contribution in [0.3, 0.4) is 0 Å². The van der Waals surface area contributed by atoms with E-state index in [0.29, 0.717) is 13.2 Å². The van der Waals surface area contributed by atoms with E-state index in [9.17, 15) is 0 Å². The van der Waals surface area contributed by atoms with Gasteiger partial charge in [-0.05, 0) is 0 Å². The standard InChI is InChI=1S/C9H15BO4/c1-11-5-9-3-4-13-6(7(9)12-2)8(10)14-9/h6-8H,3-5H2,1-2H3/t6-,7?,8+,9+/m0/s1. The summed E-state index contributed by atoms with van der Waals surface area (Å²) in [5.41, 5.74) is -0.411. The molecule has 78 valence electrons. The Balaban J connectivity index is 2.20. The second-order valence-corrected chi connectivity index (χ2v) is 3.82. The minimum atomic E-state index is -0.411. The van der Waals surface area contributed by atoms with Crippen LogP contribution >= 0.6 is 0 Å². The molecule has 2 fully saturated rings. The lowest BCUT2D eigenvalue weighted by atomic mass is 9.86.